The molecule has 0 saturated carbocycles. The molecule has 0 aliphatic carbocycles. The zero-order chi connectivity index (χ0) is 27.1. The van der Waals surface area contributed by atoms with Gasteiger partial charge in [-0.15, -0.1) is 0 Å². The molecule has 0 aliphatic rings. The SMILES string of the molecule is CCC(C)N(C(=O)C(CC(N)=O)NC(=O)OC(C)(C)C)C(C(=O)NC(C)C)c1cccc(C)c1O. The van der Waals surface area contributed by atoms with Gasteiger partial charge in [0.15, 0.2) is 0 Å². The van der Waals surface area contributed by atoms with Gasteiger partial charge in [0, 0.05) is 17.6 Å². The lowest BCUT2D eigenvalue weighted by molar-refractivity contribution is -0.146. The first-order valence-corrected chi connectivity index (χ1v) is 11.8. The van der Waals surface area contributed by atoms with Gasteiger partial charge in [0.05, 0.1) is 6.42 Å². The highest BCUT2D eigenvalue weighted by atomic mass is 16.6. The number of primary amides is 1. The molecular weight excluding hydrogens is 452 g/mol. The number of carbonyl (C=O) groups is 4. The lowest BCUT2D eigenvalue weighted by Gasteiger charge is -2.38. The number of alkyl carbamates (subject to hydrolysis) is 1. The second-order valence-electron chi connectivity index (χ2n) is 9.95. The number of rotatable bonds is 10. The average molecular weight is 493 g/mol. The van der Waals surface area contributed by atoms with Crippen LogP contribution in [0.2, 0.25) is 0 Å². The number of phenolic OH excluding ortho intramolecular Hbond substituents is 1. The van der Waals surface area contributed by atoms with E-state index in [9.17, 15) is 24.3 Å². The Hall–Kier alpha value is -3.30. The Bertz CT molecular complexity index is 925. The molecular formula is C25H40N4O6. The first kappa shape index (κ1) is 29.7. The van der Waals surface area contributed by atoms with Crippen LogP contribution in [0.1, 0.15) is 78.5 Å². The average Bonchev–Trinajstić information content (AvgIpc) is 2.70. The van der Waals surface area contributed by atoms with Crippen LogP contribution < -0.4 is 16.4 Å². The molecule has 35 heavy (non-hydrogen) atoms. The van der Waals surface area contributed by atoms with Gasteiger partial charge in [0.1, 0.15) is 23.4 Å². The maximum absolute atomic E-state index is 13.9. The van der Waals surface area contributed by atoms with Gasteiger partial charge in [0.2, 0.25) is 17.7 Å². The summed E-state index contributed by atoms with van der Waals surface area (Å²) in [5.74, 6) is -2.15. The van der Waals surface area contributed by atoms with E-state index in [1.165, 1.54) is 4.90 Å². The van der Waals surface area contributed by atoms with Gasteiger partial charge in [-0.2, -0.15) is 0 Å². The number of nitrogens with one attached hydrogen (secondary N) is 2. The molecule has 0 fully saturated rings. The van der Waals surface area contributed by atoms with Gasteiger partial charge in [-0.25, -0.2) is 4.79 Å². The molecule has 4 amide bonds. The molecule has 3 atom stereocenters. The number of benzene rings is 1. The molecule has 0 radical (unpaired) electrons. The fraction of sp³-hybridized carbons (Fsp3) is 0.600. The molecule has 0 bridgehead atoms. The van der Waals surface area contributed by atoms with Crippen LogP contribution in [0.5, 0.6) is 5.75 Å². The summed E-state index contributed by atoms with van der Waals surface area (Å²) in [6, 6.07) is 1.59. The highest BCUT2D eigenvalue weighted by Gasteiger charge is 2.40. The molecule has 3 unspecified atom stereocenters. The van der Waals surface area contributed by atoms with Crippen molar-refractivity contribution >= 4 is 23.8 Å². The minimum absolute atomic E-state index is 0.121. The highest BCUT2D eigenvalue weighted by molar-refractivity contribution is 5.95. The van der Waals surface area contributed by atoms with E-state index in [0.29, 0.717) is 12.0 Å². The van der Waals surface area contributed by atoms with Crippen molar-refractivity contribution in [1.82, 2.24) is 15.5 Å². The van der Waals surface area contributed by atoms with E-state index in [-0.39, 0.29) is 17.4 Å². The molecule has 0 spiro atoms. The number of aryl methyl sites for hydroxylation is 1. The van der Waals surface area contributed by atoms with Crippen molar-refractivity contribution in [1.29, 1.82) is 0 Å². The van der Waals surface area contributed by atoms with Gasteiger partial charge in [-0.3, -0.25) is 14.4 Å². The third-order valence-electron chi connectivity index (χ3n) is 5.24. The molecule has 1 rings (SSSR count). The number of aromatic hydroxyl groups is 1. The van der Waals surface area contributed by atoms with E-state index in [1.54, 1.807) is 66.7 Å². The van der Waals surface area contributed by atoms with Crippen molar-refractivity contribution in [2.24, 2.45) is 5.73 Å². The number of hydrogen-bond donors (Lipinski definition) is 4. The van der Waals surface area contributed by atoms with Gasteiger partial charge >= 0.3 is 6.09 Å². The summed E-state index contributed by atoms with van der Waals surface area (Å²) in [5.41, 5.74) is 5.30. The fourth-order valence-electron chi connectivity index (χ4n) is 3.51. The number of nitrogens with two attached hydrogens (primary N) is 1. The monoisotopic (exact) mass is 492 g/mol. The number of phenols is 1. The first-order chi connectivity index (χ1) is 16.1. The smallest absolute Gasteiger partial charge is 0.408 e. The van der Waals surface area contributed by atoms with E-state index < -0.39 is 54.0 Å². The number of carbonyl (C=O) groups excluding carboxylic acids is 4. The third-order valence-corrected chi connectivity index (χ3v) is 5.24. The van der Waals surface area contributed by atoms with E-state index >= 15 is 0 Å². The molecule has 10 heteroatoms. The van der Waals surface area contributed by atoms with Crippen LogP contribution >= 0.6 is 0 Å². The number of amides is 4. The first-order valence-electron chi connectivity index (χ1n) is 11.8. The number of hydrogen-bond acceptors (Lipinski definition) is 6. The molecule has 10 nitrogen and oxygen atoms in total. The Morgan fingerprint density at radius 1 is 1.11 bits per heavy atom. The summed E-state index contributed by atoms with van der Waals surface area (Å²) in [6.45, 7) is 13.8. The fourth-order valence-corrected chi connectivity index (χ4v) is 3.51. The van der Waals surface area contributed by atoms with Crippen molar-refractivity contribution in [2.45, 2.75) is 98.0 Å². The van der Waals surface area contributed by atoms with E-state index in [4.69, 9.17) is 10.5 Å². The van der Waals surface area contributed by atoms with Crippen molar-refractivity contribution < 1.29 is 29.0 Å². The summed E-state index contributed by atoms with van der Waals surface area (Å²) >= 11 is 0. The van der Waals surface area contributed by atoms with Crippen LogP contribution in [0, 0.1) is 6.92 Å². The molecule has 1 aromatic carbocycles. The van der Waals surface area contributed by atoms with Crippen molar-refractivity contribution in [3.05, 3.63) is 29.3 Å². The second kappa shape index (κ2) is 12.4. The van der Waals surface area contributed by atoms with Crippen LogP contribution in [0.15, 0.2) is 18.2 Å². The molecule has 0 heterocycles. The van der Waals surface area contributed by atoms with Crippen LogP contribution in [0.25, 0.3) is 0 Å². The molecule has 1 aromatic rings. The minimum atomic E-state index is -1.38. The maximum atomic E-state index is 13.9. The summed E-state index contributed by atoms with van der Waals surface area (Å²) in [7, 11) is 0. The Morgan fingerprint density at radius 2 is 1.71 bits per heavy atom. The molecule has 5 N–H and O–H groups in total. The van der Waals surface area contributed by atoms with Crippen LogP contribution in [0.3, 0.4) is 0 Å². The van der Waals surface area contributed by atoms with Crippen molar-refractivity contribution in [2.75, 3.05) is 0 Å². The second-order valence-corrected chi connectivity index (χ2v) is 9.95. The quantitative estimate of drug-likeness (QED) is 0.394. The van der Waals surface area contributed by atoms with E-state index in [2.05, 4.69) is 10.6 Å². The van der Waals surface area contributed by atoms with Gasteiger partial charge < -0.3 is 31.1 Å². The Balaban J connectivity index is 3.62. The van der Waals surface area contributed by atoms with Gasteiger partial charge in [-0.05, 0) is 60.5 Å². The Kier molecular flexibility index (Phi) is 10.5. The van der Waals surface area contributed by atoms with Crippen molar-refractivity contribution in [3.63, 3.8) is 0 Å². The van der Waals surface area contributed by atoms with Gasteiger partial charge in [-0.1, -0.05) is 25.1 Å². The number of para-hydroxylation sites is 1. The Labute approximate surface area is 207 Å². The molecule has 0 aromatic heterocycles. The lowest BCUT2D eigenvalue weighted by atomic mass is 9.96. The van der Waals surface area contributed by atoms with Gasteiger partial charge in [0.25, 0.3) is 0 Å². The Morgan fingerprint density at radius 3 is 2.20 bits per heavy atom. The van der Waals surface area contributed by atoms with Crippen LogP contribution in [-0.4, -0.2) is 57.5 Å². The van der Waals surface area contributed by atoms with Crippen LogP contribution in [0.4, 0.5) is 4.79 Å². The standard InChI is InChI=1S/C25H40N4O6/c1-9-16(5)29(23(33)18(13-19(26)30)28-24(34)35-25(6,7)8)20(22(32)27-14(2)3)17-12-10-11-15(4)21(17)31/h10-12,14,16,18,20,31H,9,13H2,1-8H3,(H2,26,30)(H,27,32)(H,28,34). The number of nitrogens with zero attached hydrogens (tertiary/aromatic N) is 1. The molecule has 196 valence electrons. The highest BCUT2D eigenvalue weighted by Crippen LogP contribution is 2.34. The zero-order valence-electron chi connectivity index (χ0n) is 22.0. The maximum Gasteiger partial charge on any atom is 0.408 e. The normalized spacial score (nSPS) is 14.0. The van der Waals surface area contributed by atoms with E-state index in [1.807, 2.05) is 6.92 Å². The minimum Gasteiger partial charge on any atom is -0.507 e. The summed E-state index contributed by atoms with van der Waals surface area (Å²) < 4.78 is 5.25. The third kappa shape index (κ3) is 8.77. The van der Waals surface area contributed by atoms with Crippen LogP contribution in [-0.2, 0) is 19.1 Å². The van der Waals surface area contributed by atoms with E-state index in [0.717, 1.165) is 0 Å². The molecule has 0 aliphatic heterocycles. The predicted molar refractivity (Wildman–Crippen MR) is 132 cm³/mol. The van der Waals surface area contributed by atoms with Crippen molar-refractivity contribution in [3.8, 4) is 5.75 Å². The number of ether oxygens (including phenoxy) is 1. The summed E-state index contributed by atoms with van der Waals surface area (Å²) in [6.07, 6.45) is -0.939. The topological polar surface area (TPSA) is 151 Å². The largest absolute Gasteiger partial charge is 0.507 e. The zero-order valence-corrected chi connectivity index (χ0v) is 22.0. The predicted octanol–water partition coefficient (Wildman–Crippen LogP) is 2.66. The summed E-state index contributed by atoms with van der Waals surface area (Å²) in [5, 5.41) is 16.0. The summed E-state index contributed by atoms with van der Waals surface area (Å²) in [4.78, 5) is 52.8. The lowest BCUT2D eigenvalue weighted by Crippen LogP contribution is -2.56. The molecule has 0 saturated heterocycles.